The predicted octanol–water partition coefficient (Wildman–Crippen LogP) is 4.68. The number of benzene rings is 2. The number of fused-ring (bicyclic) bond motifs is 1. The molecule has 2 aromatic heterocycles. The number of carbonyl (C=O) groups is 1. The molecular weight excluding hydrogens is 404 g/mol. The average molecular weight is 431 g/mol. The van der Waals surface area contributed by atoms with Gasteiger partial charge in [0.2, 0.25) is 5.82 Å². The minimum absolute atomic E-state index is 0.00300. The lowest BCUT2D eigenvalue weighted by Crippen LogP contribution is -2.49. The molecule has 0 bridgehead atoms. The number of anilines is 1. The first kappa shape index (κ1) is 20.3. The van der Waals surface area contributed by atoms with Crippen molar-refractivity contribution < 1.29 is 13.7 Å². The number of piperazine rings is 1. The molecule has 1 amide bonds. The van der Waals surface area contributed by atoms with Gasteiger partial charge in [0.15, 0.2) is 5.76 Å². The van der Waals surface area contributed by atoms with E-state index in [4.69, 9.17) is 8.94 Å². The van der Waals surface area contributed by atoms with E-state index in [9.17, 15) is 4.79 Å². The van der Waals surface area contributed by atoms with E-state index in [0.29, 0.717) is 24.7 Å². The number of aromatic nitrogens is 2. The number of furan rings is 1. The summed E-state index contributed by atoms with van der Waals surface area (Å²) in [5.74, 6) is 0.596. The molecule has 5 rings (SSSR count). The topological polar surface area (TPSA) is 75.6 Å². The number of amides is 1. The van der Waals surface area contributed by atoms with Gasteiger partial charge < -0.3 is 18.7 Å². The summed E-state index contributed by atoms with van der Waals surface area (Å²) < 4.78 is 11.4. The van der Waals surface area contributed by atoms with E-state index < -0.39 is 0 Å². The maximum Gasteiger partial charge on any atom is 0.316 e. The molecule has 0 aliphatic carbocycles. The number of hydrogen-bond donors (Lipinski definition) is 0. The van der Waals surface area contributed by atoms with E-state index in [0.717, 1.165) is 35.2 Å². The van der Waals surface area contributed by atoms with Gasteiger partial charge in [-0.25, -0.2) is 0 Å². The molecule has 1 fully saturated rings. The Morgan fingerprint density at radius 3 is 2.38 bits per heavy atom. The van der Waals surface area contributed by atoms with Gasteiger partial charge in [-0.3, -0.25) is 4.79 Å². The molecule has 0 radical (unpaired) electrons. The average Bonchev–Trinajstić information content (AvgIpc) is 3.41. The standard InChI is InChI=1S/C25H26N4O3/c1-15-7-6-10-20(17(15)3)28-11-13-29(14-12-28)25(30)24-26-23(27-32-24)22-18(4)19-9-5-8-16(2)21(19)31-22/h5-10H,11-14H2,1-4H3. The first-order valence-electron chi connectivity index (χ1n) is 10.9. The van der Waals surface area contributed by atoms with E-state index in [1.54, 1.807) is 4.90 Å². The lowest BCUT2D eigenvalue weighted by molar-refractivity contribution is 0.0696. The Morgan fingerprint density at radius 1 is 0.906 bits per heavy atom. The van der Waals surface area contributed by atoms with Crippen molar-refractivity contribution in [2.24, 2.45) is 0 Å². The Labute approximate surface area is 186 Å². The second kappa shape index (κ2) is 7.82. The van der Waals surface area contributed by atoms with Crippen molar-refractivity contribution >= 4 is 22.6 Å². The summed E-state index contributed by atoms with van der Waals surface area (Å²) in [6.07, 6.45) is 0. The number of para-hydroxylation sites is 1. The zero-order chi connectivity index (χ0) is 22.4. The smallest absolute Gasteiger partial charge is 0.316 e. The Hall–Kier alpha value is -3.61. The summed E-state index contributed by atoms with van der Waals surface area (Å²) in [7, 11) is 0. The summed E-state index contributed by atoms with van der Waals surface area (Å²) in [6, 6.07) is 12.3. The zero-order valence-electron chi connectivity index (χ0n) is 18.8. The minimum Gasteiger partial charge on any atom is -0.452 e. The van der Waals surface area contributed by atoms with E-state index in [1.807, 2.05) is 32.0 Å². The summed E-state index contributed by atoms with van der Waals surface area (Å²) in [5, 5.41) is 5.05. The summed E-state index contributed by atoms with van der Waals surface area (Å²) in [5.41, 5.74) is 6.57. The SMILES string of the molecule is Cc1cccc(N2CCN(C(=O)c3nc(-c4oc5c(C)cccc5c4C)no3)CC2)c1C. The third kappa shape index (κ3) is 3.34. The van der Waals surface area contributed by atoms with Gasteiger partial charge in [-0.15, -0.1) is 0 Å². The molecule has 0 N–H and O–H groups in total. The van der Waals surface area contributed by atoms with Crippen molar-refractivity contribution in [2.75, 3.05) is 31.1 Å². The monoisotopic (exact) mass is 430 g/mol. The van der Waals surface area contributed by atoms with Crippen LogP contribution < -0.4 is 4.90 Å². The number of aryl methyl sites for hydroxylation is 3. The van der Waals surface area contributed by atoms with Crippen LogP contribution in [0.1, 0.15) is 32.9 Å². The van der Waals surface area contributed by atoms with Gasteiger partial charge in [-0.2, -0.15) is 4.98 Å². The van der Waals surface area contributed by atoms with Crippen LogP contribution in [0.2, 0.25) is 0 Å². The van der Waals surface area contributed by atoms with Crippen LogP contribution in [0.4, 0.5) is 5.69 Å². The van der Waals surface area contributed by atoms with E-state index in [1.165, 1.54) is 16.8 Å². The van der Waals surface area contributed by atoms with Crippen molar-refractivity contribution in [1.82, 2.24) is 15.0 Å². The molecule has 164 valence electrons. The lowest BCUT2D eigenvalue weighted by atomic mass is 10.1. The van der Waals surface area contributed by atoms with Gasteiger partial charge in [0.25, 0.3) is 0 Å². The highest BCUT2D eigenvalue weighted by Crippen LogP contribution is 2.33. The minimum atomic E-state index is -0.241. The van der Waals surface area contributed by atoms with Crippen LogP contribution >= 0.6 is 0 Å². The van der Waals surface area contributed by atoms with Crippen molar-refractivity contribution in [3.8, 4) is 11.6 Å². The number of hydrogen-bond acceptors (Lipinski definition) is 6. The van der Waals surface area contributed by atoms with Crippen LogP contribution in [0.5, 0.6) is 0 Å². The zero-order valence-corrected chi connectivity index (χ0v) is 18.8. The summed E-state index contributed by atoms with van der Waals surface area (Å²) in [4.78, 5) is 21.5. The van der Waals surface area contributed by atoms with Crippen molar-refractivity contribution in [3.63, 3.8) is 0 Å². The van der Waals surface area contributed by atoms with Crippen molar-refractivity contribution in [2.45, 2.75) is 27.7 Å². The molecule has 1 aliphatic rings. The molecule has 2 aromatic carbocycles. The molecule has 0 atom stereocenters. The predicted molar refractivity (Wildman–Crippen MR) is 123 cm³/mol. The lowest BCUT2D eigenvalue weighted by Gasteiger charge is -2.36. The molecule has 0 saturated carbocycles. The van der Waals surface area contributed by atoms with Crippen molar-refractivity contribution in [1.29, 1.82) is 0 Å². The molecule has 4 aromatic rings. The van der Waals surface area contributed by atoms with Crippen molar-refractivity contribution in [3.05, 3.63) is 64.5 Å². The third-order valence-electron chi connectivity index (χ3n) is 6.46. The fourth-order valence-corrected chi connectivity index (χ4v) is 4.36. The van der Waals surface area contributed by atoms with E-state index >= 15 is 0 Å². The fraction of sp³-hybridized carbons (Fsp3) is 0.320. The molecule has 0 spiro atoms. The van der Waals surface area contributed by atoms with Crippen LogP contribution in [0.3, 0.4) is 0 Å². The van der Waals surface area contributed by atoms with Gasteiger partial charge >= 0.3 is 11.8 Å². The van der Waals surface area contributed by atoms with Crippen LogP contribution in [0, 0.1) is 27.7 Å². The second-order valence-corrected chi connectivity index (χ2v) is 8.43. The van der Waals surface area contributed by atoms with Gasteiger partial charge in [-0.05, 0) is 50.5 Å². The molecular formula is C25H26N4O3. The first-order chi connectivity index (χ1) is 15.4. The highest BCUT2D eigenvalue weighted by molar-refractivity contribution is 5.91. The van der Waals surface area contributed by atoms with E-state index in [-0.39, 0.29) is 11.8 Å². The first-order valence-corrected chi connectivity index (χ1v) is 10.9. The molecule has 7 nitrogen and oxygen atoms in total. The van der Waals surface area contributed by atoms with E-state index in [2.05, 4.69) is 47.1 Å². The largest absolute Gasteiger partial charge is 0.452 e. The number of nitrogens with zero attached hydrogens (tertiary/aromatic N) is 4. The summed E-state index contributed by atoms with van der Waals surface area (Å²) >= 11 is 0. The maximum atomic E-state index is 13.0. The molecule has 32 heavy (non-hydrogen) atoms. The Morgan fingerprint density at radius 2 is 1.62 bits per heavy atom. The van der Waals surface area contributed by atoms with Gasteiger partial charge in [0, 0.05) is 42.8 Å². The fourth-order valence-electron chi connectivity index (χ4n) is 4.36. The van der Waals surface area contributed by atoms with Crippen LogP contribution in [0.25, 0.3) is 22.6 Å². The second-order valence-electron chi connectivity index (χ2n) is 8.43. The van der Waals surface area contributed by atoms with Crippen LogP contribution in [-0.4, -0.2) is 47.1 Å². The quantitative estimate of drug-likeness (QED) is 0.470. The highest BCUT2D eigenvalue weighted by Gasteiger charge is 2.28. The third-order valence-corrected chi connectivity index (χ3v) is 6.46. The van der Waals surface area contributed by atoms with Gasteiger partial charge in [-0.1, -0.05) is 35.5 Å². The van der Waals surface area contributed by atoms with Gasteiger partial charge in [0.05, 0.1) is 0 Å². The highest BCUT2D eigenvalue weighted by atomic mass is 16.5. The molecule has 3 heterocycles. The van der Waals surface area contributed by atoms with Crippen LogP contribution in [-0.2, 0) is 0 Å². The molecule has 1 saturated heterocycles. The Kier molecular flexibility index (Phi) is 4.96. The van der Waals surface area contributed by atoms with Gasteiger partial charge in [0.1, 0.15) is 5.58 Å². The molecule has 7 heteroatoms. The maximum absolute atomic E-state index is 13.0. The number of rotatable bonds is 3. The molecule has 0 unspecified atom stereocenters. The Balaban J connectivity index is 1.32. The molecule has 1 aliphatic heterocycles. The normalized spacial score (nSPS) is 14.4. The summed E-state index contributed by atoms with van der Waals surface area (Å²) in [6.45, 7) is 11.0. The Bertz CT molecular complexity index is 1310. The number of carbonyl (C=O) groups excluding carboxylic acids is 1. The van der Waals surface area contributed by atoms with Crippen LogP contribution in [0.15, 0.2) is 45.3 Å².